The van der Waals surface area contributed by atoms with Crippen molar-refractivity contribution < 1.29 is 27.1 Å². The molecule has 182 valence electrons. The fraction of sp³-hybridized carbons (Fsp3) is 0.174. The summed E-state index contributed by atoms with van der Waals surface area (Å²) in [5.41, 5.74) is -1.22. The lowest BCUT2D eigenvalue weighted by molar-refractivity contribution is -0.137. The smallest absolute Gasteiger partial charge is 0.418 e. The lowest BCUT2D eigenvalue weighted by atomic mass is 10.1. The number of alkyl halides is 3. The van der Waals surface area contributed by atoms with Gasteiger partial charge in [0.05, 0.1) is 29.8 Å². The number of halogens is 4. The fourth-order valence-corrected chi connectivity index (χ4v) is 3.97. The topological polar surface area (TPSA) is 82.2 Å². The van der Waals surface area contributed by atoms with Crippen LogP contribution in [0.5, 0.6) is 5.75 Å². The van der Waals surface area contributed by atoms with E-state index in [1.165, 1.54) is 24.5 Å². The number of benzene rings is 2. The first kappa shape index (κ1) is 24.7. The van der Waals surface area contributed by atoms with E-state index in [1.807, 2.05) is 0 Å². The first-order valence-electron chi connectivity index (χ1n) is 10.2. The average Bonchev–Trinajstić information content (AvgIpc) is 3.47. The SMILES string of the molecule is O=C(CSc1nnc(COc2ccc(Cl)cc2)n1Cc1ccco1)Nc1ccccc1C(F)(F)F. The van der Waals surface area contributed by atoms with Crippen molar-refractivity contribution in [1.29, 1.82) is 0 Å². The minimum Gasteiger partial charge on any atom is -0.486 e. The molecule has 4 aromatic rings. The molecule has 35 heavy (non-hydrogen) atoms. The van der Waals surface area contributed by atoms with Gasteiger partial charge in [0.25, 0.3) is 0 Å². The van der Waals surface area contributed by atoms with Gasteiger partial charge in [0.1, 0.15) is 18.1 Å². The lowest BCUT2D eigenvalue weighted by Gasteiger charge is -2.13. The number of hydrogen-bond acceptors (Lipinski definition) is 6. The molecule has 0 spiro atoms. The molecule has 2 aromatic carbocycles. The Morgan fingerprint density at radius 2 is 1.86 bits per heavy atom. The molecule has 0 atom stereocenters. The number of aromatic nitrogens is 3. The molecule has 4 rings (SSSR count). The van der Waals surface area contributed by atoms with Crippen LogP contribution in [0.4, 0.5) is 18.9 Å². The number of nitrogens with zero attached hydrogens (tertiary/aromatic N) is 3. The highest BCUT2D eigenvalue weighted by Crippen LogP contribution is 2.34. The van der Waals surface area contributed by atoms with Gasteiger partial charge in [-0.05, 0) is 48.5 Å². The number of para-hydroxylation sites is 1. The van der Waals surface area contributed by atoms with Crippen LogP contribution >= 0.6 is 23.4 Å². The van der Waals surface area contributed by atoms with Gasteiger partial charge in [-0.2, -0.15) is 13.2 Å². The summed E-state index contributed by atoms with van der Waals surface area (Å²) in [6.07, 6.45) is -3.05. The van der Waals surface area contributed by atoms with E-state index in [1.54, 1.807) is 41.0 Å². The van der Waals surface area contributed by atoms with Crippen molar-refractivity contribution in [3.63, 3.8) is 0 Å². The summed E-state index contributed by atoms with van der Waals surface area (Å²) in [6, 6.07) is 15.1. The molecule has 0 aliphatic rings. The zero-order valence-electron chi connectivity index (χ0n) is 18.0. The van der Waals surface area contributed by atoms with Crippen molar-refractivity contribution in [2.24, 2.45) is 0 Å². The predicted molar refractivity (Wildman–Crippen MR) is 124 cm³/mol. The number of nitrogens with one attached hydrogen (secondary N) is 1. The van der Waals surface area contributed by atoms with Gasteiger partial charge >= 0.3 is 6.18 Å². The monoisotopic (exact) mass is 522 g/mol. The molecule has 0 saturated carbocycles. The number of carbonyl (C=O) groups is 1. The molecule has 0 unspecified atom stereocenters. The fourth-order valence-electron chi connectivity index (χ4n) is 3.08. The maximum atomic E-state index is 13.2. The van der Waals surface area contributed by atoms with E-state index in [-0.39, 0.29) is 24.6 Å². The zero-order chi connectivity index (χ0) is 24.8. The summed E-state index contributed by atoms with van der Waals surface area (Å²) in [5.74, 6) is 0.891. The Bertz CT molecular complexity index is 1280. The Morgan fingerprint density at radius 1 is 1.09 bits per heavy atom. The summed E-state index contributed by atoms with van der Waals surface area (Å²) in [4.78, 5) is 12.4. The zero-order valence-corrected chi connectivity index (χ0v) is 19.5. The molecule has 0 fully saturated rings. The number of anilines is 1. The van der Waals surface area contributed by atoms with Crippen LogP contribution in [-0.2, 0) is 24.1 Å². The minimum atomic E-state index is -4.58. The number of amides is 1. The Morgan fingerprint density at radius 3 is 2.57 bits per heavy atom. The maximum absolute atomic E-state index is 13.2. The van der Waals surface area contributed by atoms with Crippen LogP contribution in [0.1, 0.15) is 17.1 Å². The molecule has 7 nitrogen and oxygen atoms in total. The van der Waals surface area contributed by atoms with E-state index in [0.717, 1.165) is 17.8 Å². The summed E-state index contributed by atoms with van der Waals surface area (Å²) >= 11 is 6.93. The molecular weight excluding hydrogens is 505 g/mol. The minimum absolute atomic E-state index is 0.0844. The lowest BCUT2D eigenvalue weighted by Crippen LogP contribution is -2.18. The van der Waals surface area contributed by atoms with Gasteiger partial charge in [0.2, 0.25) is 5.91 Å². The molecule has 2 aromatic heterocycles. The van der Waals surface area contributed by atoms with Gasteiger partial charge in [-0.1, -0.05) is 35.5 Å². The van der Waals surface area contributed by atoms with Crippen LogP contribution in [0.15, 0.2) is 76.5 Å². The highest BCUT2D eigenvalue weighted by molar-refractivity contribution is 7.99. The third-order valence-electron chi connectivity index (χ3n) is 4.71. The summed E-state index contributed by atoms with van der Waals surface area (Å²) in [6.45, 7) is 0.362. The van der Waals surface area contributed by atoms with E-state index in [4.69, 9.17) is 20.8 Å². The van der Waals surface area contributed by atoms with E-state index in [2.05, 4.69) is 15.5 Å². The standard InChI is InChI=1S/C23H18ClF3N4O3S/c24-15-7-9-16(10-8-15)34-13-20-29-30-22(31(20)12-17-4-3-11-33-17)35-14-21(32)28-19-6-2-1-5-18(19)23(25,26)27/h1-11H,12-14H2,(H,28,32). The molecule has 0 saturated heterocycles. The molecule has 1 amide bonds. The first-order valence-corrected chi connectivity index (χ1v) is 11.6. The average molecular weight is 523 g/mol. The third kappa shape index (κ3) is 6.58. The second-order valence-electron chi connectivity index (χ2n) is 7.19. The normalized spacial score (nSPS) is 11.4. The van der Waals surface area contributed by atoms with E-state index in [9.17, 15) is 18.0 Å². The molecule has 12 heteroatoms. The van der Waals surface area contributed by atoms with Crippen molar-refractivity contribution in [2.45, 2.75) is 24.5 Å². The molecular formula is C23H18ClF3N4O3S. The second-order valence-corrected chi connectivity index (χ2v) is 8.57. The highest BCUT2D eigenvalue weighted by atomic mass is 35.5. The Hall–Kier alpha value is -3.44. The van der Waals surface area contributed by atoms with Crippen molar-refractivity contribution in [3.05, 3.63) is 89.1 Å². The van der Waals surface area contributed by atoms with E-state index in [0.29, 0.717) is 27.5 Å². The molecule has 0 bridgehead atoms. The largest absolute Gasteiger partial charge is 0.486 e. The van der Waals surface area contributed by atoms with Crippen molar-refractivity contribution in [2.75, 3.05) is 11.1 Å². The van der Waals surface area contributed by atoms with Crippen molar-refractivity contribution >= 4 is 35.0 Å². The van der Waals surface area contributed by atoms with Crippen LogP contribution in [-0.4, -0.2) is 26.4 Å². The predicted octanol–water partition coefficient (Wildman–Crippen LogP) is 5.90. The van der Waals surface area contributed by atoms with Crippen LogP contribution in [0.25, 0.3) is 0 Å². The highest BCUT2D eigenvalue weighted by Gasteiger charge is 2.33. The molecule has 1 N–H and O–H groups in total. The first-order chi connectivity index (χ1) is 16.8. The van der Waals surface area contributed by atoms with Gasteiger partial charge in [-0.3, -0.25) is 9.36 Å². The number of ether oxygens (including phenoxy) is 1. The van der Waals surface area contributed by atoms with E-state index >= 15 is 0 Å². The van der Waals surface area contributed by atoms with Crippen LogP contribution in [0, 0.1) is 0 Å². The van der Waals surface area contributed by atoms with Crippen molar-refractivity contribution in [1.82, 2.24) is 14.8 Å². The molecule has 2 heterocycles. The van der Waals surface area contributed by atoms with Gasteiger partial charge in [0, 0.05) is 5.02 Å². The van der Waals surface area contributed by atoms with Gasteiger partial charge in [0.15, 0.2) is 11.0 Å². The van der Waals surface area contributed by atoms with Gasteiger partial charge < -0.3 is 14.5 Å². The van der Waals surface area contributed by atoms with Gasteiger partial charge in [-0.25, -0.2) is 0 Å². The number of hydrogen-bond donors (Lipinski definition) is 1. The van der Waals surface area contributed by atoms with E-state index < -0.39 is 17.6 Å². The summed E-state index contributed by atoms with van der Waals surface area (Å²) in [5, 5.41) is 11.6. The number of thioether (sulfide) groups is 1. The van der Waals surface area contributed by atoms with Crippen molar-refractivity contribution in [3.8, 4) is 5.75 Å². The number of rotatable bonds is 9. The Labute approximate surface area is 207 Å². The number of furan rings is 1. The quantitative estimate of drug-likeness (QED) is 0.276. The maximum Gasteiger partial charge on any atom is 0.418 e. The summed E-state index contributed by atoms with van der Waals surface area (Å²) in [7, 11) is 0. The Balaban J connectivity index is 1.46. The summed E-state index contributed by atoms with van der Waals surface area (Å²) < 4.78 is 52.5. The third-order valence-corrected chi connectivity index (χ3v) is 5.93. The Kier molecular flexibility index (Phi) is 7.67. The molecule has 0 aliphatic heterocycles. The molecule has 0 aliphatic carbocycles. The van der Waals surface area contributed by atoms with Crippen LogP contribution < -0.4 is 10.1 Å². The van der Waals surface area contributed by atoms with Crippen LogP contribution in [0.2, 0.25) is 5.02 Å². The van der Waals surface area contributed by atoms with Crippen LogP contribution in [0.3, 0.4) is 0 Å². The second kappa shape index (κ2) is 10.9. The van der Waals surface area contributed by atoms with Gasteiger partial charge in [-0.15, -0.1) is 10.2 Å². The number of carbonyl (C=O) groups excluding carboxylic acids is 1. The molecule has 0 radical (unpaired) electrons.